The van der Waals surface area contributed by atoms with Crippen molar-refractivity contribution in [3.63, 3.8) is 0 Å². The van der Waals surface area contributed by atoms with Crippen molar-refractivity contribution in [3.8, 4) is 0 Å². The fraction of sp³-hybridized carbons (Fsp3) is 0.118. The van der Waals surface area contributed by atoms with E-state index in [1.807, 2.05) is 0 Å². The van der Waals surface area contributed by atoms with E-state index >= 15 is 0 Å². The van der Waals surface area contributed by atoms with Gasteiger partial charge in [-0.1, -0.05) is 11.6 Å². The van der Waals surface area contributed by atoms with Crippen LogP contribution in [-0.2, 0) is 9.59 Å². The van der Waals surface area contributed by atoms with E-state index in [1.54, 1.807) is 13.0 Å². The molecule has 8 nitrogen and oxygen atoms in total. The molecular weight excluding hydrogens is 324 g/mol. The van der Waals surface area contributed by atoms with Gasteiger partial charge in [-0.05, 0) is 31.2 Å². The summed E-state index contributed by atoms with van der Waals surface area (Å²) in [4.78, 5) is 51.2. The number of carbonyl (C=O) groups is 4. The lowest BCUT2D eigenvalue weighted by Gasteiger charge is -2.11. The van der Waals surface area contributed by atoms with Crippen LogP contribution in [0.4, 0.5) is 5.69 Å². The van der Waals surface area contributed by atoms with Crippen LogP contribution in [0.15, 0.2) is 42.7 Å². The Balaban J connectivity index is 2.10. The number of ketones is 1. The summed E-state index contributed by atoms with van der Waals surface area (Å²) in [5, 5.41) is 2.49. The van der Waals surface area contributed by atoms with Crippen molar-refractivity contribution in [1.29, 1.82) is 0 Å². The van der Waals surface area contributed by atoms with Crippen LogP contribution in [0.2, 0.25) is 0 Å². The maximum absolute atomic E-state index is 12.3. The minimum Gasteiger partial charge on any atom is -0.326 e. The smallest absolute Gasteiger partial charge is 0.310 e. The molecule has 0 saturated carbocycles. The third-order valence-corrected chi connectivity index (χ3v) is 3.17. The summed E-state index contributed by atoms with van der Waals surface area (Å²) >= 11 is 0. The van der Waals surface area contributed by atoms with E-state index in [1.165, 1.54) is 43.6 Å². The van der Waals surface area contributed by atoms with Gasteiger partial charge in [0.1, 0.15) is 0 Å². The van der Waals surface area contributed by atoms with Gasteiger partial charge in [0, 0.05) is 24.9 Å². The maximum atomic E-state index is 12.3. The molecule has 1 aromatic heterocycles. The number of benzene rings is 1. The van der Waals surface area contributed by atoms with E-state index in [0.717, 1.165) is 5.56 Å². The number of anilines is 1. The van der Waals surface area contributed by atoms with E-state index in [4.69, 9.17) is 0 Å². The van der Waals surface area contributed by atoms with Crippen LogP contribution in [0.1, 0.15) is 33.2 Å². The van der Waals surface area contributed by atoms with Gasteiger partial charge in [-0.15, -0.1) is 0 Å². The van der Waals surface area contributed by atoms with Gasteiger partial charge in [-0.3, -0.25) is 35.0 Å². The topological polar surface area (TPSA) is 117 Å². The highest BCUT2D eigenvalue weighted by molar-refractivity contribution is 6.44. The van der Waals surface area contributed by atoms with Crippen LogP contribution in [0.25, 0.3) is 0 Å². The summed E-state index contributed by atoms with van der Waals surface area (Å²) < 4.78 is 0. The largest absolute Gasteiger partial charge is 0.326 e. The van der Waals surface area contributed by atoms with Crippen LogP contribution in [0, 0.1) is 6.92 Å². The van der Waals surface area contributed by atoms with Crippen molar-refractivity contribution in [1.82, 2.24) is 15.8 Å². The van der Waals surface area contributed by atoms with Crippen molar-refractivity contribution in [2.24, 2.45) is 0 Å². The maximum Gasteiger partial charge on any atom is 0.310 e. The van der Waals surface area contributed by atoms with Gasteiger partial charge in [0.05, 0.1) is 11.3 Å². The lowest BCUT2D eigenvalue weighted by atomic mass is 10.0. The van der Waals surface area contributed by atoms with E-state index in [0.29, 0.717) is 0 Å². The zero-order valence-corrected chi connectivity index (χ0v) is 13.6. The van der Waals surface area contributed by atoms with Crippen LogP contribution < -0.4 is 16.2 Å². The average molecular weight is 340 g/mol. The van der Waals surface area contributed by atoms with Gasteiger partial charge in [0.25, 0.3) is 11.7 Å². The molecule has 0 fully saturated rings. The molecule has 0 aliphatic carbocycles. The first-order valence-electron chi connectivity index (χ1n) is 7.31. The SMILES string of the molecule is CC(=O)Nc1ccc(C)cc1C(=O)C(=O)NNC(=O)c1ccncc1. The molecular formula is C17H16N4O4. The molecule has 2 rings (SSSR count). The van der Waals surface area contributed by atoms with Crippen molar-refractivity contribution in [3.05, 3.63) is 59.4 Å². The van der Waals surface area contributed by atoms with E-state index in [9.17, 15) is 19.2 Å². The molecule has 3 N–H and O–H groups in total. The summed E-state index contributed by atoms with van der Waals surface area (Å²) in [5.41, 5.74) is 5.48. The predicted molar refractivity (Wildman–Crippen MR) is 89.7 cm³/mol. The molecule has 0 radical (unpaired) electrons. The highest BCUT2D eigenvalue weighted by atomic mass is 16.2. The highest BCUT2D eigenvalue weighted by Crippen LogP contribution is 2.18. The lowest BCUT2D eigenvalue weighted by Crippen LogP contribution is -2.45. The Hall–Kier alpha value is -3.55. The number of hydrogen-bond donors (Lipinski definition) is 3. The quantitative estimate of drug-likeness (QED) is 0.436. The number of amides is 3. The van der Waals surface area contributed by atoms with E-state index < -0.39 is 17.6 Å². The van der Waals surface area contributed by atoms with E-state index in [-0.39, 0.29) is 22.7 Å². The van der Waals surface area contributed by atoms with Gasteiger partial charge in [-0.25, -0.2) is 0 Å². The Morgan fingerprint density at radius 1 is 0.960 bits per heavy atom. The Bertz CT molecular complexity index is 834. The standard InChI is InChI=1S/C17H16N4O4/c1-10-3-4-14(19-11(2)22)13(9-10)15(23)17(25)21-20-16(24)12-5-7-18-8-6-12/h3-9H,1-2H3,(H,19,22)(H,20,24)(H,21,25). The average Bonchev–Trinajstić information content (AvgIpc) is 2.60. The van der Waals surface area contributed by atoms with Crippen molar-refractivity contribution < 1.29 is 19.2 Å². The number of nitrogens with one attached hydrogen (secondary N) is 3. The molecule has 1 aromatic carbocycles. The number of rotatable bonds is 4. The summed E-state index contributed by atoms with van der Waals surface area (Å²) in [5.74, 6) is -2.87. The summed E-state index contributed by atoms with van der Waals surface area (Å²) in [6.45, 7) is 3.04. The third-order valence-electron chi connectivity index (χ3n) is 3.17. The monoisotopic (exact) mass is 340 g/mol. The van der Waals surface area contributed by atoms with Gasteiger partial charge < -0.3 is 5.32 Å². The third kappa shape index (κ3) is 4.71. The van der Waals surface area contributed by atoms with E-state index in [2.05, 4.69) is 21.2 Å². The minimum absolute atomic E-state index is 0.0332. The molecule has 3 amide bonds. The fourth-order valence-corrected chi connectivity index (χ4v) is 2.01. The molecule has 0 atom stereocenters. The first kappa shape index (κ1) is 17.8. The number of nitrogens with zero attached hydrogens (tertiary/aromatic N) is 1. The molecule has 0 aliphatic heterocycles. The van der Waals surface area contributed by atoms with Gasteiger partial charge in [-0.2, -0.15) is 0 Å². The number of Topliss-reactive ketones (excluding diaryl/α,β-unsaturated/α-hetero) is 1. The number of aromatic nitrogens is 1. The number of hydrazine groups is 1. The Morgan fingerprint density at radius 2 is 1.64 bits per heavy atom. The van der Waals surface area contributed by atoms with Crippen LogP contribution in [-0.4, -0.2) is 28.5 Å². The first-order chi connectivity index (χ1) is 11.9. The number of carbonyl (C=O) groups excluding carboxylic acids is 4. The normalized spacial score (nSPS) is 9.84. The van der Waals surface area contributed by atoms with Crippen molar-refractivity contribution >= 4 is 29.2 Å². The molecule has 0 saturated heterocycles. The lowest BCUT2D eigenvalue weighted by molar-refractivity contribution is -0.117. The zero-order valence-electron chi connectivity index (χ0n) is 13.6. The summed E-state index contributed by atoms with van der Waals surface area (Å²) in [7, 11) is 0. The second-order valence-electron chi connectivity index (χ2n) is 5.20. The Labute approximate surface area is 143 Å². The predicted octanol–water partition coefficient (Wildman–Crippen LogP) is 0.992. The number of pyridine rings is 1. The first-order valence-corrected chi connectivity index (χ1v) is 7.31. The van der Waals surface area contributed by atoms with Crippen LogP contribution in [0.3, 0.4) is 0 Å². The second kappa shape index (κ2) is 7.82. The van der Waals surface area contributed by atoms with Crippen molar-refractivity contribution in [2.75, 3.05) is 5.32 Å². The molecule has 1 heterocycles. The molecule has 2 aromatic rings. The molecule has 0 unspecified atom stereocenters. The molecule has 0 bridgehead atoms. The fourth-order valence-electron chi connectivity index (χ4n) is 2.01. The number of aryl methyl sites for hydroxylation is 1. The Kier molecular flexibility index (Phi) is 5.57. The van der Waals surface area contributed by atoms with Crippen LogP contribution >= 0.6 is 0 Å². The van der Waals surface area contributed by atoms with Crippen LogP contribution in [0.5, 0.6) is 0 Å². The molecule has 25 heavy (non-hydrogen) atoms. The van der Waals surface area contributed by atoms with Gasteiger partial charge in [0.2, 0.25) is 5.91 Å². The number of hydrogen-bond acceptors (Lipinski definition) is 5. The minimum atomic E-state index is -1.03. The molecule has 0 aliphatic rings. The summed E-state index contributed by atoms with van der Waals surface area (Å²) in [6.07, 6.45) is 2.85. The molecule has 8 heteroatoms. The van der Waals surface area contributed by atoms with Crippen molar-refractivity contribution in [2.45, 2.75) is 13.8 Å². The highest BCUT2D eigenvalue weighted by Gasteiger charge is 2.21. The molecule has 0 spiro atoms. The molecule has 128 valence electrons. The second-order valence-corrected chi connectivity index (χ2v) is 5.20. The van der Waals surface area contributed by atoms with Gasteiger partial charge in [0.15, 0.2) is 0 Å². The zero-order chi connectivity index (χ0) is 18.4. The van der Waals surface area contributed by atoms with Gasteiger partial charge >= 0.3 is 5.91 Å². The Morgan fingerprint density at radius 3 is 2.28 bits per heavy atom. The summed E-state index contributed by atoms with van der Waals surface area (Å²) in [6, 6.07) is 7.63.